The van der Waals surface area contributed by atoms with Crippen molar-refractivity contribution in [1.82, 2.24) is 10.2 Å². The van der Waals surface area contributed by atoms with Crippen LogP contribution in [0.4, 0.5) is 4.79 Å². The van der Waals surface area contributed by atoms with Gasteiger partial charge >= 0.3 is 12.0 Å². The van der Waals surface area contributed by atoms with Gasteiger partial charge in [0, 0.05) is 6.54 Å². The molecule has 0 spiro atoms. The number of likely N-dealkylation sites (tertiary alicyclic amines) is 1. The van der Waals surface area contributed by atoms with Crippen LogP contribution in [-0.4, -0.2) is 52.3 Å². The standard InChI is InChI=1S/C11H20N2O4/c1-8(10(15)16)12-11(17)13-6-4-2-3-5-9(13)7-14/h8-9,14H,2-7H2,1H3,(H,12,17)(H,15,16)/t8-,9?/m0/s1. The van der Waals surface area contributed by atoms with Crippen molar-refractivity contribution in [3.05, 3.63) is 0 Å². The number of rotatable bonds is 3. The van der Waals surface area contributed by atoms with Crippen LogP contribution in [0.2, 0.25) is 0 Å². The number of urea groups is 1. The lowest BCUT2D eigenvalue weighted by Crippen LogP contribution is -2.51. The van der Waals surface area contributed by atoms with Gasteiger partial charge in [-0.2, -0.15) is 0 Å². The first-order valence-electron chi connectivity index (χ1n) is 5.97. The number of aliphatic carboxylic acids is 1. The van der Waals surface area contributed by atoms with Gasteiger partial charge < -0.3 is 20.4 Å². The van der Waals surface area contributed by atoms with Crippen molar-refractivity contribution in [1.29, 1.82) is 0 Å². The van der Waals surface area contributed by atoms with Gasteiger partial charge in [0.15, 0.2) is 0 Å². The molecule has 17 heavy (non-hydrogen) atoms. The number of carboxylic acids is 1. The normalized spacial score (nSPS) is 22.7. The number of carboxylic acid groups (broad SMARTS) is 1. The van der Waals surface area contributed by atoms with Crippen LogP contribution < -0.4 is 5.32 Å². The number of aliphatic hydroxyl groups is 1. The van der Waals surface area contributed by atoms with Gasteiger partial charge in [-0.25, -0.2) is 4.79 Å². The van der Waals surface area contributed by atoms with Gasteiger partial charge in [-0.1, -0.05) is 12.8 Å². The highest BCUT2D eigenvalue weighted by Crippen LogP contribution is 2.16. The highest BCUT2D eigenvalue weighted by atomic mass is 16.4. The Balaban J connectivity index is 2.60. The summed E-state index contributed by atoms with van der Waals surface area (Å²) in [6, 6.07) is -1.51. The summed E-state index contributed by atoms with van der Waals surface area (Å²) in [5.41, 5.74) is 0. The van der Waals surface area contributed by atoms with Crippen molar-refractivity contribution in [2.75, 3.05) is 13.2 Å². The van der Waals surface area contributed by atoms with Crippen LogP contribution >= 0.6 is 0 Å². The summed E-state index contributed by atoms with van der Waals surface area (Å²) >= 11 is 0. The van der Waals surface area contributed by atoms with Gasteiger partial charge in [0.1, 0.15) is 6.04 Å². The minimum atomic E-state index is -1.06. The van der Waals surface area contributed by atoms with Crippen LogP contribution in [0, 0.1) is 0 Å². The smallest absolute Gasteiger partial charge is 0.325 e. The third-order valence-corrected chi connectivity index (χ3v) is 3.06. The molecule has 1 aliphatic heterocycles. The van der Waals surface area contributed by atoms with Gasteiger partial charge in [0.05, 0.1) is 12.6 Å². The van der Waals surface area contributed by atoms with Crippen molar-refractivity contribution in [3.63, 3.8) is 0 Å². The Kier molecular flexibility index (Phi) is 5.21. The first-order chi connectivity index (χ1) is 8.06. The Morgan fingerprint density at radius 2 is 2.12 bits per heavy atom. The second kappa shape index (κ2) is 6.44. The Labute approximate surface area is 101 Å². The molecule has 0 aromatic heterocycles. The molecule has 1 unspecified atom stereocenters. The molecule has 0 aromatic rings. The summed E-state index contributed by atoms with van der Waals surface area (Å²) in [6.45, 7) is 1.92. The van der Waals surface area contributed by atoms with E-state index in [4.69, 9.17) is 5.11 Å². The molecule has 6 heteroatoms. The lowest BCUT2D eigenvalue weighted by molar-refractivity contribution is -0.138. The number of aliphatic hydroxyl groups excluding tert-OH is 1. The van der Waals surface area contributed by atoms with Gasteiger partial charge in [0.2, 0.25) is 0 Å². The van der Waals surface area contributed by atoms with Crippen molar-refractivity contribution >= 4 is 12.0 Å². The maximum absolute atomic E-state index is 11.9. The van der Waals surface area contributed by atoms with Crippen molar-refractivity contribution in [2.45, 2.75) is 44.7 Å². The van der Waals surface area contributed by atoms with Crippen LogP contribution in [0.5, 0.6) is 0 Å². The third-order valence-electron chi connectivity index (χ3n) is 3.06. The number of nitrogens with zero attached hydrogens (tertiary/aromatic N) is 1. The van der Waals surface area contributed by atoms with Crippen LogP contribution in [0.3, 0.4) is 0 Å². The SMILES string of the molecule is C[C@H](NC(=O)N1CCCCCC1CO)C(=O)O. The zero-order valence-electron chi connectivity index (χ0n) is 10.1. The molecule has 1 rings (SSSR count). The quantitative estimate of drug-likeness (QED) is 0.670. The number of hydrogen-bond donors (Lipinski definition) is 3. The third kappa shape index (κ3) is 3.89. The van der Waals surface area contributed by atoms with E-state index in [1.54, 1.807) is 4.90 Å². The second-order valence-electron chi connectivity index (χ2n) is 4.39. The predicted octanol–water partition coefficient (Wildman–Crippen LogP) is 0.406. The summed E-state index contributed by atoms with van der Waals surface area (Å²) in [6.07, 6.45) is 3.69. The number of carbonyl (C=O) groups is 2. The van der Waals surface area contributed by atoms with E-state index in [9.17, 15) is 14.7 Å². The Hall–Kier alpha value is -1.30. The molecule has 0 radical (unpaired) electrons. The summed E-state index contributed by atoms with van der Waals surface area (Å²) in [4.78, 5) is 24.1. The highest BCUT2D eigenvalue weighted by molar-refractivity contribution is 5.82. The second-order valence-corrected chi connectivity index (χ2v) is 4.39. The summed E-state index contributed by atoms with van der Waals surface area (Å²) < 4.78 is 0. The maximum atomic E-state index is 11.9. The monoisotopic (exact) mass is 244 g/mol. The molecular formula is C11H20N2O4. The Morgan fingerprint density at radius 1 is 1.41 bits per heavy atom. The largest absolute Gasteiger partial charge is 0.480 e. The molecule has 2 amide bonds. The topological polar surface area (TPSA) is 89.9 Å². The fraction of sp³-hybridized carbons (Fsp3) is 0.818. The van der Waals surface area contributed by atoms with Crippen molar-refractivity contribution < 1.29 is 19.8 Å². The molecule has 0 saturated carbocycles. The minimum absolute atomic E-state index is 0.0745. The molecule has 0 aromatic carbocycles. The first kappa shape index (κ1) is 13.8. The molecule has 6 nitrogen and oxygen atoms in total. The van der Waals surface area contributed by atoms with Crippen LogP contribution in [-0.2, 0) is 4.79 Å². The van der Waals surface area contributed by atoms with Crippen molar-refractivity contribution in [2.24, 2.45) is 0 Å². The molecule has 1 heterocycles. The first-order valence-corrected chi connectivity index (χ1v) is 5.97. The molecule has 0 aliphatic carbocycles. The van der Waals surface area contributed by atoms with E-state index in [1.807, 2.05) is 0 Å². The van der Waals surface area contributed by atoms with Gasteiger partial charge in [0.25, 0.3) is 0 Å². The number of hydrogen-bond acceptors (Lipinski definition) is 3. The Bertz CT molecular complexity index is 283. The van der Waals surface area contributed by atoms with Crippen LogP contribution in [0.25, 0.3) is 0 Å². The maximum Gasteiger partial charge on any atom is 0.325 e. The lowest BCUT2D eigenvalue weighted by Gasteiger charge is -2.29. The number of amides is 2. The molecule has 0 bridgehead atoms. The van der Waals surface area contributed by atoms with Gasteiger partial charge in [-0.15, -0.1) is 0 Å². The van der Waals surface area contributed by atoms with Crippen molar-refractivity contribution in [3.8, 4) is 0 Å². The van der Waals surface area contributed by atoms with Crippen LogP contribution in [0.15, 0.2) is 0 Å². The summed E-state index contributed by atoms with van der Waals surface area (Å²) in [5.74, 6) is -1.06. The zero-order chi connectivity index (χ0) is 12.8. The lowest BCUT2D eigenvalue weighted by atomic mass is 10.1. The van der Waals surface area contributed by atoms with E-state index < -0.39 is 18.0 Å². The molecule has 2 atom stereocenters. The average molecular weight is 244 g/mol. The molecule has 1 fully saturated rings. The van der Waals surface area contributed by atoms with E-state index >= 15 is 0 Å². The van der Waals surface area contributed by atoms with Crippen LogP contribution in [0.1, 0.15) is 32.6 Å². The molecule has 3 N–H and O–H groups in total. The summed E-state index contributed by atoms with van der Waals surface area (Å²) in [5, 5.41) is 20.4. The fourth-order valence-corrected chi connectivity index (χ4v) is 1.96. The van der Waals surface area contributed by atoms with E-state index in [1.165, 1.54) is 6.92 Å². The molecule has 1 aliphatic rings. The highest BCUT2D eigenvalue weighted by Gasteiger charge is 2.26. The minimum Gasteiger partial charge on any atom is -0.480 e. The summed E-state index contributed by atoms with van der Waals surface area (Å²) in [7, 11) is 0. The predicted molar refractivity (Wildman–Crippen MR) is 61.7 cm³/mol. The van der Waals surface area contributed by atoms with E-state index in [2.05, 4.69) is 5.32 Å². The Morgan fingerprint density at radius 3 is 2.71 bits per heavy atom. The van der Waals surface area contributed by atoms with Gasteiger partial charge in [-0.3, -0.25) is 4.79 Å². The molecular weight excluding hydrogens is 224 g/mol. The average Bonchev–Trinajstić information content (AvgIpc) is 2.53. The van der Waals surface area contributed by atoms with E-state index in [0.29, 0.717) is 6.54 Å². The molecule has 98 valence electrons. The van der Waals surface area contributed by atoms with Gasteiger partial charge in [-0.05, 0) is 19.8 Å². The molecule has 1 saturated heterocycles. The number of carbonyl (C=O) groups excluding carboxylic acids is 1. The van der Waals surface area contributed by atoms with E-state index in [0.717, 1.165) is 25.7 Å². The van der Waals surface area contributed by atoms with E-state index in [-0.39, 0.29) is 12.6 Å². The zero-order valence-corrected chi connectivity index (χ0v) is 10.1. The number of nitrogens with one attached hydrogen (secondary N) is 1. The fourth-order valence-electron chi connectivity index (χ4n) is 1.96.